The molecule has 0 saturated carbocycles. The van der Waals surface area contributed by atoms with Crippen molar-refractivity contribution in [2.24, 2.45) is 0 Å². The van der Waals surface area contributed by atoms with Gasteiger partial charge in [0, 0.05) is 0 Å². The molecule has 3 rings (SSSR count). The highest BCUT2D eigenvalue weighted by atomic mass is 127. The minimum atomic E-state index is -0.660. The predicted octanol–water partition coefficient (Wildman–Crippen LogP) is 3.40. The Morgan fingerprint density at radius 3 is 2.71 bits per heavy atom. The summed E-state index contributed by atoms with van der Waals surface area (Å²) in [6, 6.07) is 11.6. The van der Waals surface area contributed by atoms with Crippen LogP contribution in [0.5, 0.6) is 11.5 Å². The molecule has 0 spiro atoms. The second-order valence-corrected chi connectivity index (χ2v) is 7.58. The highest BCUT2D eigenvalue weighted by molar-refractivity contribution is 14.1. The molecule has 2 aromatic carbocycles. The van der Waals surface area contributed by atoms with Gasteiger partial charge in [-0.3, -0.25) is 9.59 Å². The van der Waals surface area contributed by atoms with Crippen molar-refractivity contribution in [1.82, 2.24) is 10.2 Å². The van der Waals surface area contributed by atoms with Gasteiger partial charge in [-0.05, 0) is 58.5 Å². The quantitative estimate of drug-likeness (QED) is 0.235. The molecule has 2 aromatic rings. The molecule has 0 radical (unpaired) electrons. The first-order chi connectivity index (χ1) is 14.9. The number of imide groups is 1. The predicted molar refractivity (Wildman–Crippen MR) is 125 cm³/mol. The standard InChI is InChI=1S/C22H20IN3O5/c1-3-10-31-18-9-8-14(11-15(18)23)12-17-21(28)26(22(29)25-17)13-20(27)24-16-6-4-5-7-19(16)30-2/h3-9,11-12H,1,10,13H2,2H3,(H,24,27)(H,25,29)/b17-12+. The summed E-state index contributed by atoms with van der Waals surface area (Å²) in [5, 5.41) is 5.15. The molecule has 0 aromatic heterocycles. The summed E-state index contributed by atoms with van der Waals surface area (Å²) in [4.78, 5) is 38.1. The molecule has 1 fully saturated rings. The summed E-state index contributed by atoms with van der Waals surface area (Å²) in [5.41, 5.74) is 1.25. The maximum atomic E-state index is 12.7. The lowest BCUT2D eigenvalue weighted by Crippen LogP contribution is -2.38. The Balaban J connectivity index is 1.69. The average Bonchev–Trinajstić information content (AvgIpc) is 3.01. The molecule has 2 N–H and O–H groups in total. The van der Waals surface area contributed by atoms with Gasteiger partial charge in [-0.1, -0.05) is 30.9 Å². The summed E-state index contributed by atoms with van der Waals surface area (Å²) in [6.07, 6.45) is 3.20. The van der Waals surface area contributed by atoms with Crippen LogP contribution in [0.4, 0.5) is 10.5 Å². The van der Waals surface area contributed by atoms with Crippen LogP contribution >= 0.6 is 22.6 Å². The smallest absolute Gasteiger partial charge is 0.329 e. The van der Waals surface area contributed by atoms with Crippen molar-refractivity contribution in [3.05, 3.63) is 70.0 Å². The minimum absolute atomic E-state index is 0.0886. The third-order valence-corrected chi connectivity index (χ3v) is 5.11. The van der Waals surface area contributed by atoms with Gasteiger partial charge in [-0.15, -0.1) is 0 Å². The second kappa shape index (κ2) is 10.1. The van der Waals surface area contributed by atoms with Gasteiger partial charge in [0.15, 0.2) is 0 Å². The molecule has 0 bridgehead atoms. The fourth-order valence-electron chi connectivity index (χ4n) is 2.84. The number of nitrogens with one attached hydrogen (secondary N) is 2. The van der Waals surface area contributed by atoms with Crippen LogP contribution in [0.2, 0.25) is 0 Å². The maximum Gasteiger partial charge on any atom is 0.329 e. The Bertz CT molecular complexity index is 1070. The fraction of sp³-hybridized carbons (Fsp3) is 0.136. The third kappa shape index (κ3) is 5.43. The van der Waals surface area contributed by atoms with E-state index in [4.69, 9.17) is 9.47 Å². The summed E-state index contributed by atoms with van der Waals surface area (Å²) < 4.78 is 11.6. The van der Waals surface area contributed by atoms with E-state index in [1.54, 1.807) is 48.6 Å². The molecule has 1 heterocycles. The number of anilines is 1. The molecule has 9 heteroatoms. The van der Waals surface area contributed by atoms with E-state index in [-0.39, 0.29) is 5.70 Å². The molecule has 0 atom stereocenters. The second-order valence-electron chi connectivity index (χ2n) is 6.42. The highest BCUT2D eigenvalue weighted by Gasteiger charge is 2.35. The molecule has 160 valence electrons. The lowest BCUT2D eigenvalue weighted by molar-refractivity contribution is -0.127. The number of para-hydroxylation sites is 2. The number of carbonyl (C=O) groups excluding carboxylic acids is 3. The van der Waals surface area contributed by atoms with Crippen molar-refractivity contribution in [2.45, 2.75) is 0 Å². The van der Waals surface area contributed by atoms with E-state index in [2.05, 4.69) is 39.8 Å². The molecule has 31 heavy (non-hydrogen) atoms. The molecule has 1 aliphatic heterocycles. The molecule has 4 amide bonds. The number of nitrogens with zero attached hydrogens (tertiary/aromatic N) is 1. The molecular weight excluding hydrogens is 513 g/mol. The van der Waals surface area contributed by atoms with Gasteiger partial charge in [0.05, 0.1) is 16.4 Å². The third-order valence-electron chi connectivity index (χ3n) is 4.27. The van der Waals surface area contributed by atoms with E-state index < -0.39 is 24.4 Å². The summed E-state index contributed by atoms with van der Waals surface area (Å²) in [5.74, 6) is 0.0671. The number of hydrogen-bond acceptors (Lipinski definition) is 5. The Kier molecular flexibility index (Phi) is 7.29. The number of ether oxygens (including phenoxy) is 2. The van der Waals surface area contributed by atoms with Crippen LogP contribution in [0, 0.1) is 3.57 Å². The number of methoxy groups -OCH3 is 1. The summed E-state index contributed by atoms with van der Waals surface area (Å²) in [7, 11) is 1.48. The van der Waals surface area contributed by atoms with E-state index in [1.165, 1.54) is 7.11 Å². The number of amides is 4. The minimum Gasteiger partial charge on any atom is -0.495 e. The Morgan fingerprint density at radius 2 is 2.00 bits per heavy atom. The van der Waals surface area contributed by atoms with Gasteiger partial charge in [0.1, 0.15) is 30.3 Å². The van der Waals surface area contributed by atoms with Gasteiger partial charge in [0.25, 0.3) is 5.91 Å². The van der Waals surface area contributed by atoms with Gasteiger partial charge in [-0.25, -0.2) is 9.69 Å². The largest absolute Gasteiger partial charge is 0.495 e. The zero-order chi connectivity index (χ0) is 22.4. The number of urea groups is 1. The highest BCUT2D eigenvalue weighted by Crippen LogP contribution is 2.25. The summed E-state index contributed by atoms with van der Waals surface area (Å²) in [6.45, 7) is 3.57. The summed E-state index contributed by atoms with van der Waals surface area (Å²) >= 11 is 2.12. The van der Waals surface area contributed by atoms with Crippen molar-refractivity contribution >= 4 is 52.2 Å². The Labute approximate surface area is 193 Å². The van der Waals surface area contributed by atoms with E-state index in [0.717, 1.165) is 8.47 Å². The topological polar surface area (TPSA) is 97.0 Å². The van der Waals surface area contributed by atoms with E-state index in [0.29, 0.717) is 29.4 Å². The van der Waals surface area contributed by atoms with Crippen molar-refractivity contribution in [3.8, 4) is 11.5 Å². The van der Waals surface area contributed by atoms with Gasteiger partial charge >= 0.3 is 6.03 Å². The van der Waals surface area contributed by atoms with Crippen LogP contribution in [0.25, 0.3) is 6.08 Å². The molecule has 0 unspecified atom stereocenters. The van der Waals surface area contributed by atoms with E-state index in [9.17, 15) is 14.4 Å². The Hall–Kier alpha value is -3.34. The molecule has 8 nitrogen and oxygen atoms in total. The van der Waals surface area contributed by atoms with Crippen molar-refractivity contribution in [1.29, 1.82) is 0 Å². The molecule has 0 aliphatic carbocycles. The van der Waals surface area contributed by atoms with Gasteiger partial charge in [0.2, 0.25) is 5.91 Å². The molecule has 1 aliphatic rings. The average molecular weight is 533 g/mol. The van der Waals surface area contributed by atoms with Crippen molar-refractivity contribution < 1.29 is 23.9 Å². The molecular formula is C22H20IN3O5. The number of carbonyl (C=O) groups is 3. The first-order valence-corrected chi connectivity index (χ1v) is 10.3. The zero-order valence-corrected chi connectivity index (χ0v) is 18.8. The first kappa shape index (κ1) is 22.3. The normalized spacial score (nSPS) is 14.4. The van der Waals surface area contributed by atoms with Gasteiger partial charge in [-0.2, -0.15) is 0 Å². The number of hydrogen-bond donors (Lipinski definition) is 2. The molecule has 1 saturated heterocycles. The van der Waals surface area contributed by atoms with Crippen LogP contribution in [-0.4, -0.2) is 43.0 Å². The number of benzene rings is 2. The van der Waals surface area contributed by atoms with Crippen LogP contribution in [0.3, 0.4) is 0 Å². The Morgan fingerprint density at radius 1 is 1.23 bits per heavy atom. The zero-order valence-electron chi connectivity index (χ0n) is 16.7. The van der Waals surface area contributed by atoms with Crippen LogP contribution in [0.15, 0.2) is 60.8 Å². The first-order valence-electron chi connectivity index (χ1n) is 9.23. The lowest BCUT2D eigenvalue weighted by atomic mass is 10.2. The fourth-order valence-corrected chi connectivity index (χ4v) is 3.53. The van der Waals surface area contributed by atoms with E-state index in [1.807, 2.05) is 6.07 Å². The van der Waals surface area contributed by atoms with Crippen molar-refractivity contribution in [2.75, 3.05) is 25.6 Å². The van der Waals surface area contributed by atoms with Crippen LogP contribution in [-0.2, 0) is 9.59 Å². The van der Waals surface area contributed by atoms with Gasteiger partial charge < -0.3 is 20.1 Å². The number of halogens is 1. The van der Waals surface area contributed by atoms with E-state index >= 15 is 0 Å². The number of rotatable bonds is 8. The lowest BCUT2D eigenvalue weighted by Gasteiger charge is -2.13. The van der Waals surface area contributed by atoms with Crippen molar-refractivity contribution in [3.63, 3.8) is 0 Å². The van der Waals surface area contributed by atoms with Crippen LogP contribution < -0.4 is 20.1 Å². The maximum absolute atomic E-state index is 12.7. The monoisotopic (exact) mass is 533 g/mol. The van der Waals surface area contributed by atoms with Crippen LogP contribution in [0.1, 0.15) is 5.56 Å². The SMILES string of the molecule is C=CCOc1ccc(/C=C2/NC(=O)N(CC(=O)Nc3ccccc3OC)C2=O)cc1I.